The molecule has 2 aromatic carbocycles. The molecule has 0 bridgehead atoms. The van der Waals surface area contributed by atoms with E-state index >= 15 is 0 Å². The van der Waals surface area contributed by atoms with Crippen LogP contribution in [0.25, 0.3) is 0 Å². The summed E-state index contributed by atoms with van der Waals surface area (Å²) in [6.07, 6.45) is 0.295. The van der Waals surface area contributed by atoms with Gasteiger partial charge in [-0.1, -0.05) is 44.2 Å². The molecule has 0 aliphatic carbocycles. The van der Waals surface area contributed by atoms with E-state index in [-0.39, 0.29) is 29.6 Å². The molecular formula is C22H25FN2O2. The van der Waals surface area contributed by atoms with Crippen LogP contribution >= 0.6 is 0 Å². The van der Waals surface area contributed by atoms with Crippen LogP contribution < -0.4 is 0 Å². The van der Waals surface area contributed by atoms with E-state index in [9.17, 15) is 14.0 Å². The lowest BCUT2D eigenvalue weighted by Gasteiger charge is -2.34. The van der Waals surface area contributed by atoms with Crippen LogP contribution in [0.1, 0.15) is 36.2 Å². The second-order valence-corrected chi connectivity index (χ2v) is 7.33. The fourth-order valence-electron chi connectivity index (χ4n) is 3.49. The van der Waals surface area contributed by atoms with E-state index < -0.39 is 0 Å². The van der Waals surface area contributed by atoms with Crippen molar-refractivity contribution >= 4 is 11.8 Å². The van der Waals surface area contributed by atoms with E-state index in [2.05, 4.69) is 13.8 Å². The summed E-state index contributed by atoms with van der Waals surface area (Å²) in [5, 5.41) is 0. The summed E-state index contributed by atoms with van der Waals surface area (Å²) in [5.74, 6) is -0.112. The molecule has 0 N–H and O–H groups in total. The summed E-state index contributed by atoms with van der Waals surface area (Å²) < 4.78 is 13.2. The van der Waals surface area contributed by atoms with Crippen LogP contribution in [0.3, 0.4) is 0 Å². The van der Waals surface area contributed by atoms with Crippen LogP contribution in [0.15, 0.2) is 54.6 Å². The molecule has 2 amide bonds. The van der Waals surface area contributed by atoms with Crippen LogP contribution in [-0.2, 0) is 11.3 Å². The predicted molar refractivity (Wildman–Crippen MR) is 103 cm³/mol. The highest BCUT2D eigenvalue weighted by atomic mass is 19.1. The largest absolute Gasteiger partial charge is 0.336 e. The monoisotopic (exact) mass is 368 g/mol. The molecule has 0 aromatic heterocycles. The average Bonchev–Trinajstić information content (AvgIpc) is 2.83. The lowest BCUT2D eigenvalue weighted by atomic mass is 10.0. The minimum atomic E-state index is -0.291. The molecule has 0 spiro atoms. The third-order valence-corrected chi connectivity index (χ3v) is 5.07. The van der Waals surface area contributed by atoms with Crippen molar-refractivity contribution in [2.45, 2.75) is 32.9 Å². The molecule has 0 radical (unpaired) electrons. The Morgan fingerprint density at radius 2 is 1.78 bits per heavy atom. The molecule has 1 atom stereocenters. The number of amides is 2. The zero-order valence-electron chi connectivity index (χ0n) is 15.8. The van der Waals surface area contributed by atoms with E-state index in [0.29, 0.717) is 31.6 Å². The van der Waals surface area contributed by atoms with Crippen LogP contribution in [0.5, 0.6) is 0 Å². The summed E-state index contributed by atoms with van der Waals surface area (Å²) in [5.41, 5.74) is 1.53. The minimum absolute atomic E-state index is 0.0291. The summed E-state index contributed by atoms with van der Waals surface area (Å²) >= 11 is 0. The van der Waals surface area contributed by atoms with Gasteiger partial charge in [-0.15, -0.1) is 0 Å². The van der Waals surface area contributed by atoms with Crippen molar-refractivity contribution in [2.75, 3.05) is 13.1 Å². The smallest absolute Gasteiger partial charge is 0.253 e. The lowest BCUT2D eigenvalue weighted by Crippen LogP contribution is -2.47. The van der Waals surface area contributed by atoms with Crippen LogP contribution in [0.2, 0.25) is 0 Å². The molecule has 1 saturated heterocycles. The SMILES string of the molecule is CC(C)[C@H]1CN(C(=O)c2ccccc2)CCC(=O)N1Cc1ccc(F)cc1. The van der Waals surface area contributed by atoms with Crippen molar-refractivity contribution in [2.24, 2.45) is 5.92 Å². The molecular weight excluding hydrogens is 343 g/mol. The van der Waals surface area contributed by atoms with Gasteiger partial charge in [-0.2, -0.15) is 0 Å². The Morgan fingerprint density at radius 3 is 2.41 bits per heavy atom. The Balaban J connectivity index is 1.82. The van der Waals surface area contributed by atoms with Crippen molar-refractivity contribution in [1.82, 2.24) is 9.80 Å². The van der Waals surface area contributed by atoms with Gasteiger partial charge in [-0.3, -0.25) is 9.59 Å². The fourth-order valence-corrected chi connectivity index (χ4v) is 3.49. The summed E-state index contributed by atoms with van der Waals surface area (Å²) in [7, 11) is 0. The van der Waals surface area contributed by atoms with E-state index in [4.69, 9.17) is 0 Å². The average molecular weight is 368 g/mol. The van der Waals surface area contributed by atoms with Gasteiger partial charge in [-0.25, -0.2) is 4.39 Å². The normalized spacial score (nSPS) is 17.9. The molecule has 3 rings (SSSR count). The quantitative estimate of drug-likeness (QED) is 0.825. The molecule has 142 valence electrons. The van der Waals surface area contributed by atoms with Crippen LogP contribution in [0.4, 0.5) is 4.39 Å². The first-order valence-corrected chi connectivity index (χ1v) is 9.34. The highest BCUT2D eigenvalue weighted by molar-refractivity contribution is 5.94. The number of hydrogen-bond acceptors (Lipinski definition) is 2. The Hall–Kier alpha value is -2.69. The number of halogens is 1. The van der Waals surface area contributed by atoms with Gasteiger partial charge in [0.05, 0.1) is 6.04 Å². The van der Waals surface area contributed by atoms with Gasteiger partial charge in [0.2, 0.25) is 5.91 Å². The van der Waals surface area contributed by atoms with Crippen molar-refractivity contribution in [3.8, 4) is 0 Å². The molecule has 0 unspecified atom stereocenters. The number of nitrogens with zero attached hydrogens (tertiary/aromatic N) is 2. The van der Waals surface area contributed by atoms with Crippen molar-refractivity contribution < 1.29 is 14.0 Å². The first-order chi connectivity index (χ1) is 13.0. The molecule has 1 fully saturated rings. The van der Waals surface area contributed by atoms with Crippen LogP contribution in [-0.4, -0.2) is 40.7 Å². The van der Waals surface area contributed by atoms with Gasteiger partial charge >= 0.3 is 0 Å². The molecule has 0 saturated carbocycles. The maximum atomic E-state index is 13.2. The number of carbonyl (C=O) groups excluding carboxylic acids is 2. The second-order valence-electron chi connectivity index (χ2n) is 7.33. The highest BCUT2D eigenvalue weighted by Gasteiger charge is 2.33. The van der Waals surface area contributed by atoms with Gasteiger partial charge < -0.3 is 9.80 Å². The maximum Gasteiger partial charge on any atom is 0.253 e. The molecule has 4 nitrogen and oxygen atoms in total. The zero-order valence-corrected chi connectivity index (χ0v) is 15.8. The summed E-state index contributed by atoms with van der Waals surface area (Å²) in [4.78, 5) is 29.3. The first kappa shape index (κ1) is 19.1. The number of benzene rings is 2. The maximum absolute atomic E-state index is 13.2. The van der Waals surface area contributed by atoms with Gasteiger partial charge in [0.25, 0.3) is 5.91 Å². The van der Waals surface area contributed by atoms with Crippen molar-refractivity contribution in [1.29, 1.82) is 0 Å². The number of carbonyl (C=O) groups is 2. The molecule has 1 aliphatic rings. The van der Waals surface area contributed by atoms with Gasteiger partial charge in [0.15, 0.2) is 0 Å². The minimum Gasteiger partial charge on any atom is -0.336 e. The van der Waals surface area contributed by atoms with Gasteiger partial charge in [0.1, 0.15) is 5.82 Å². The summed E-state index contributed by atoms with van der Waals surface area (Å²) in [6.45, 7) is 5.46. The topological polar surface area (TPSA) is 40.6 Å². The molecule has 2 aromatic rings. The van der Waals surface area contributed by atoms with E-state index in [1.807, 2.05) is 23.1 Å². The lowest BCUT2D eigenvalue weighted by molar-refractivity contribution is -0.134. The Kier molecular flexibility index (Phi) is 5.89. The van der Waals surface area contributed by atoms with E-state index in [1.165, 1.54) is 12.1 Å². The third kappa shape index (κ3) is 4.54. The molecule has 1 aliphatic heterocycles. The van der Waals surface area contributed by atoms with E-state index in [0.717, 1.165) is 5.56 Å². The first-order valence-electron chi connectivity index (χ1n) is 9.34. The second kappa shape index (κ2) is 8.33. The van der Waals surface area contributed by atoms with Crippen molar-refractivity contribution in [3.05, 3.63) is 71.5 Å². The van der Waals surface area contributed by atoms with E-state index in [1.54, 1.807) is 29.2 Å². The van der Waals surface area contributed by atoms with Gasteiger partial charge in [0, 0.05) is 31.6 Å². The Labute approximate surface area is 159 Å². The van der Waals surface area contributed by atoms with Crippen molar-refractivity contribution in [3.63, 3.8) is 0 Å². The fraction of sp³-hybridized carbons (Fsp3) is 0.364. The van der Waals surface area contributed by atoms with Crippen LogP contribution in [0, 0.1) is 11.7 Å². The highest BCUT2D eigenvalue weighted by Crippen LogP contribution is 2.22. The summed E-state index contributed by atoms with van der Waals surface area (Å²) in [6, 6.07) is 15.3. The third-order valence-electron chi connectivity index (χ3n) is 5.07. The molecule has 5 heteroatoms. The number of hydrogen-bond donors (Lipinski definition) is 0. The molecule has 1 heterocycles. The zero-order chi connectivity index (χ0) is 19.4. The Morgan fingerprint density at radius 1 is 1.11 bits per heavy atom. The Bertz CT molecular complexity index is 790. The molecule has 27 heavy (non-hydrogen) atoms. The predicted octanol–water partition coefficient (Wildman–Crippen LogP) is 3.73. The number of rotatable bonds is 4. The van der Waals surface area contributed by atoms with Gasteiger partial charge in [-0.05, 0) is 35.7 Å². The standard InChI is InChI=1S/C22H25FN2O2/c1-16(2)20-15-24(22(27)18-6-4-3-5-7-18)13-12-21(26)25(20)14-17-8-10-19(23)11-9-17/h3-11,16,20H,12-15H2,1-2H3/t20-/m1/s1.